The van der Waals surface area contributed by atoms with E-state index in [0.29, 0.717) is 19.6 Å². The molecule has 1 saturated heterocycles. The Kier molecular flexibility index (Phi) is 6.72. The standard InChI is InChI=1S/C25H23ClF2N2O2/c1-29(25(31)32-20-10-8-19(27)9-11-20)24-16-30(14-17-5-3-2-4-6-17)15-21(24)18-7-12-22(26)23(28)13-18/h2-13,21,24H,14-16H2,1H3. The molecule has 3 aromatic carbocycles. The van der Waals surface area contributed by atoms with Crippen LogP contribution < -0.4 is 4.74 Å². The Bertz CT molecular complexity index is 1080. The van der Waals surface area contributed by atoms with Gasteiger partial charge in [0.15, 0.2) is 0 Å². The molecule has 4 rings (SSSR count). The summed E-state index contributed by atoms with van der Waals surface area (Å²) in [6.45, 7) is 1.96. The largest absolute Gasteiger partial charge is 0.415 e. The van der Waals surface area contributed by atoms with Gasteiger partial charge in [-0.25, -0.2) is 13.6 Å². The Hall–Kier alpha value is -2.96. The lowest BCUT2D eigenvalue weighted by molar-refractivity contribution is 0.142. The summed E-state index contributed by atoms with van der Waals surface area (Å²) >= 11 is 5.88. The summed E-state index contributed by atoms with van der Waals surface area (Å²) in [5.41, 5.74) is 1.93. The fourth-order valence-electron chi connectivity index (χ4n) is 4.11. The average molecular weight is 457 g/mol. The Morgan fingerprint density at radius 2 is 1.78 bits per heavy atom. The van der Waals surface area contributed by atoms with Gasteiger partial charge in [-0.15, -0.1) is 0 Å². The summed E-state index contributed by atoms with van der Waals surface area (Å²) in [7, 11) is 1.67. The van der Waals surface area contributed by atoms with Gasteiger partial charge >= 0.3 is 6.09 Å². The van der Waals surface area contributed by atoms with Crippen LogP contribution in [-0.2, 0) is 6.54 Å². The minimum Gasteiger partial charge on any atom is -0.410 e. The first-order chi connectivity index (χ1) is 15.4. The molecule has 0 N–H and O–H groups in total. The number of nitrogens with zero attached hydrogens (tertiary/aromatic N) is 2. The van der Waals surface area contributed by atoms with Crippen LogP contribution in [0, 0.1) is 11.6 Å². The highest BCUT2D eigenvalue weighted by Gasteiger charge is 2.39. The fraction of sp³-hybridized carbons (Fsp3) is 0.240. The van der Waals surface area contributed by atoms with Crippen LogP contribution in [0.1, 0.15) is 17.0 Å². The molecule has 0 saturated carbocycles. The first-order valence-corrected chi connectivity index (χ1v) is 10.7. The highest BCUT2D eigenvalue weighted by atomic mass is 35.5. The number of carbonyl (C=O) groups excluding carboxylic acids is 1. The van der Waals surface area contributed by atoms with Crippen LogP contribution in [0.2, 0.25) is 5.02 Å². The summed E-state index contributed by atoms with van der Waals surface area (Å²) in [6, 6.07) is 19.9. The van der Waals surface area contributed by atoms with Crippen molar-refractivity contribution in [2.75, 3.05) is 20.1 Å². The summed E-state index contributed by atoms with van der Waals surface area (Å²) in [5, 5.41) is 0.0634. The molecule has 3 aromatic rings. The number of ether oxygens (including phenoxy) is 1. The number of amides is 1. The quantitative estimate of drug-likeness (QED) is 0.492. The van der Waals surface area contributed by atoms with Gasteiger partial charge in [-0.2, -0.15) is 0 Å². The predicted octanol–water partition coefficient (Wildman–Crippen LogP) is 5.72. The van der Waals surface area contributed by atoms with Gasteiger partial charge < -0.3 is 9.64 Å². The molecule has 2 unspecified atom stereocenters. The molecule has 0 bridgehead atoms. The van der Waals surface area contributed by atoms with E-state index in [1.807, 2.05) is 18.2 Å². The number of likely N-dealkylation sites (tertiary alicyclic amines) is 1. The van der Waals surface area contributed by atoms with Crippen molar-refractivity contribution in [3.05, 3.63) is 101 Å². The fourth-order valence-corrected chi connectivity index (χ4v) is 4.23. The highest BCUT2D eigenvalue weighted by molar-refractivity contribution is 6.30. The van der Waals surface area contributed by atoms with E-state index in [2.05, 4.69) is 17.0 Å². The van der Waals surface area contributed by atoms with E-state index < -0.39 is 17.7 Å². The third kappa shape index (κ3) is 5.09. The Balaban J connectivity index is 1.55. The van der Waals surface area contributed by atoms with Gasteiger partial charge in [0.25, 0.3) is 0 Å². The van der Waals surface area contributed by atoms with Crippen LogP contribution in [0.25, 0.3) is 0 Å². The molecule has 1 heterocycles. The van der Waals surface area contributed by atoms with Crippen LogP contribution in [0.4, 0.5) is 13.6 Å². The highest BCUT2D eigenvalue weighted by Crippen LogP contribution is 2.33. The molecule has 0 aromatic heterocycles. The van der Waals surface area contributed by atoms with Crippen LogP contribution >= 0.6 is 11.6 Å². The van der Waals surface area contributed by atoms with E-state index in [0.717, 1.165) is 11.1 Å². The third-order valence-electron chi connectivity index (χ3n) is 5.79. The van der Waals surface area contributed by atoms with Crippen LogP contribution in [-0.4, -0.2) is 42.1 Å². The summed E-state index contributed by atoms with van der Waals surface area (Å²) in [4.78, 5) is 16.6. The first kappa shape index (κ1) is 22.2. The van der Waals surface area contributed by atoms with E-state index in [1.165, 1.54) is 35.2 Å². The number of hydrogen-bond donors (Lipinski definition) is 0. The lowest BCUT2D eigenvalue weighted by Gasteiger charge is -2.28. The molecule has 0 spiro atoms. The van der Waals surface area contributed by atoms with Crippen molar-refractivity contribution < 1.29 is 18.3 Å². The maximum absolute atomic E-state index is 14.2. The van der Waals surface area contributed by atoms with Crippen molar-refractivity contribution in [1.82, 2.24) is 9.80 Å². The molecular formula is C25H23ClF2N2O2. The smallest absolute Gasteiger partial charge is 0.410 e. The van der Waals surface area contributed by atoms with Gasteiger partial charge in [0.1, 0.15) is 17.4 Å². The van der Waals surface area contributed by atoms with E-state index in [4.69, 9.17) is 16.3 Å². The van der Waals surface area contributed by atoms with Gasteiger partial charge in [0, 0.05) is 32.6 Å². The predicted molar refractivity (Wildman–Crippen MR) is 120 cm³/mol. The number of rotatable bonds is 5. The molecule has 1 aliphatic heterocycles. The normalized spacial score (nSPS) is 18.5. The van der Waals surface area contributed by atoms with Crippen molar-refractivity contribution in [3.8, 4) is 5.75 Å². The second-order valence-corrected chi connectivity index (χ2v) is 8.37. The van der Waals surface area contributed by atoms with E-state index >= 15 is 0 Å². The number of halogens is 3. The monoisotopic (exact) mass is 456 g/mol. The third-order valence-corrected chi connectivity index (χ3v) is 6.10. The molecule has 0 radical (unpaired) electrons. The zero-order valence-electron chi connectivity index (χ0n) is 17.5. The SMILES string of the molecule is CN(C(=O)Oc1ccc(F)cc1)C1CN(Cc2ccccc2)CC1c1ccc(Cl)c(F)c1. The molecule has 1 amide bonds. The molecule has 1 aliphatic rings. The Morgan fingerprint density at radius 1 is 1.06 bits per heavy atom. The molecular weight excluding hydrogens is 434 g/mol. The first-order valence-electron chi connectivity index (χ1n) is 10.3. The van der Waals surface area contributed by atoms with Gasteiger partial charge in [0.05, 0.1) is 11.1 Å². The molecule has 32 heavy (non-hydrogen) atoms. The summed E-state index contributed by atoms with van der Waals surface area (Å²) in [5.74, 6) is -0.760. The second kappa shape index (κ2) is 9.67. The van der Waals surface area contributed by atoms with Gasteiger partial charge in [-0.05, 0) is 47.5 Å². The zero-order valence-corrected chi connectivity index (χ0v) is 18.3. The summed E-state index contributed by atoms with van der Waals surface area (Å²) < 4.78 is 32.8. The maximum Gasteiger partial charge on any atom is 0.415 e. The number of benzene rings is 3. The van der Waals surface area contributed by atoms with Crippen LogP contribution in [0.3, 0.4) is 0 Å². The van der Waals surface area contributed by atoms with Crippen molar-refractivity contribution in [2.45, 2.75) is 18.5 Å². The van der Waals surface area contributed by atoms with Crippen LogP contribution in [0.5, 0.6) is 5.75 Å². The molecule has 166 valence electrons. The second-order valence-electron chi connectivity index (χ2n) is 7.96. The van der Waals surface area contributed by atoms with Gasteiger partial charge in [-0.1, -0.05) is 48.0 Å². The van der Waals surface area contributed by atoms with Crippen molar-refractivity contribution >= 4 is 17.7 Å². The lowest BCUT2D eigenvalue weighted by atomic mass is 9.93. The van der Waals surface area contributed by atoms with Crippen molar-refractivity contribution in [2.24, 2.45) is 0 Å². The molecule has 7 heteroatoms. The van der Waals surface area contributed by atoms with Crippen LogP contribution in [0.15, 0.2) is 72.8 Å². The maximum atomic E-state index is 14.2. The topological polar surface area (TPSA) is 32.8 Å². The van der Waals surface area contributed by atoms with Gasteiger partial charge in [0.2, 0.25) is 0 Å². The minimum absolute atomic E-state index is 0.0634. The zero-order chi connectivity index (χ0) is 22.7. The molecule has 0 aliphatic carbocycles. The van der Waals surface area contributed by atoms with E-state index in [-0.39, 0.29) is 22.7 Å². The molecule has 1 fully saturated rings. The van der Waals surface area contributed by atoms with Crippen molar-refractivity contribution in [3.63, 3.8) is 0 Å². The summed E-state index contributed by atoms with van der Waals surface area (Å²) in [6.07, 6.45) is -0.553. The number of likely N-dealkylation sites (N-methyl/N-ethyl adjacent to an activating group) is 1. The van der Waals surface area contributed by atoms with E-state index in [9.17, 15) is 13.6 Å². The lowest BCUT2D eigenvalue weighted by Crippen LogP contribution is -2.43. The number of carbonyl (C=O) groups is 1. The Labute approximate surface area is 191 Å². The average Bonchev–Trinajstić information content (AvgIpc) is 3.21. The minimum atomic E-state index is -0.553. The molecule has 2 atom stereocenters. The molecule has 4 nitrogen and oxygen atoms in total. The van der Waals surface area contributed by atoms with Gasteiger partial charge in [-0.3, -0.25) is 4.90 Å². The Morgan fingerprint density at radius 3 is 2.47 bits per heavy atom. The van der Waals surface area contributed by atoms with Crippen molar-refractivity contribution in [1.29, 1.82) is 0 Å². The number of hydrogen-bond acceptors (Lipinski definition) is 3. The van der Waals surface area contributed by atoms with E-state index in [1.54, 1.807) is 19.2 Å².